The zero-order valence-electron chi connectivity index (χ0n) is 7.31. The van der Waals surface area contributed by atoms with Gasteiger partial charge >= 0.3 is 40.2 Å². The largest absolute Gasteiger partial charge is 2.00 e. The van der Waals surface area contributed by atoms with Crippen LogP contribution in [0, 0.1) is 0 Å². The number of aromatic nitrogens is 1. The predicted octanol–water partition coefficient (Wildman–Crippen LogP) is 2.74. The van der Waals surface area contributed by atoms with Gasteiger partial charge in [-0.3, -0.25) is 4.98 Å². The van der Waals surface area contributed by atoms with Crippen molar-refractivity contribution in [2.75, 3.05) is 0 Å². The molecule has 2 radical (unpaired) electrons. The Labute approximate surface area is 111 Å². The SMILES string of the molecule is [Ir+2].[Ir+2].c1ccc(-c2ccccn2)cc1. The maximum Gasteiger partial charge on any atom is 2.00 e. The Hall–Kier alpha value is -0.331. The number of benzene rings is 1. The second-order valence-electron chi connectivity index (χ2n) is 2.58. The summed E-state index contributed by atoms with van der Waals surface area (Å²) in [5.74, 6) is 0. The van der Waals surface area contributed by atoms with Gasteiger partial charge in [0, 0.05) is 11.8 Å². The molecule has 0 spiro atoms. The van der Waals surface area contributed by atoms with Crippen LogP contribution in [0.15, 0.2) is 54.7 Å². The van der Waals surface area contributed by atoms with E-state index in [2.05, 4.69) is 17.1 Å². The molecule has 3 heteroatoms. The van der Waals surface area contributed by atoms with Crippen LogP contribution < -0.4 is 0 Å². The molecule has 0 unspecified atom stereocenters. The zero-order valence-corrected chi connectivity index (χ0v) is 12.1. The maximum atomic E-state index is 4.25. The average Bonchev–Trinajstić information content (AvgIpc) is 2.21. The number of nitrogens with zero attached hydrogens (tertiary/aromatic N) is 1. The molecule has 2 aromatic rings. The van der Waals surface area contributed by atoms with Crippen LogP contribution in [-0.4, -0.2) is 4.98 Å². The molecule has 2 rings (SSSR count). The van der Waals surface area contributed by atoms with Crippen LogP contribution in [0.3, 0.4) is 0 Å². The van der Waals surface area contributed by atoms with Gasteiger partial charge in [0.25, 0.3) is 0 Å². The first-order valence-electron chi connectivity index (χ1n) is 3.93. The molecule has 0 N–H and O–H groups in total. The van der Waals surface area contributed by atoms with E-state index < -0.39 is 0 Å². The monoisotopic (exact) mass is 541 g/mol. The smallest absolute Gasteiger partial charge is 0.256 e. The molecular formula is C11H9Ir2N+4. The van der Waals surface area contributed by atoms with Gasteiger partial charge in [0.05, 0.1) is 5.69 Å². The molecule has 1 aromatic carbocycles. The second-order valence-corrected chi connectivity index (χ2v) is 2.58. The van der Waals surface area contributed by atoms with Crippen molar-refractivity contribution in [2.45, 2.75) is 0 Å². The number of rotatable bonds is 1. The minimum atomic E-state index is 0. The number of hydrogen-bond acceptors (Lipinski definition) is 1. The van der Waals surface area contributed by atoms with Gasteiger partial charge < -0.3 is 0 Å². The molecule has 0 fully saturated rings. The van der Waals surface area contributed by atoms with Gasteiger partial charge in [0.15, 0.2) is 0 Å². The molecule has 1 heterocycles. The second kappa shape index (κ2) is 7.03. The van der Waals surface area contributed by atoms with Gasteiger partial charge in [-0.1, -0.05) is 36.4 Å². The Morgan fingerprint density at radius 3 is 1.93 bits per heavy atom. The van der Waals surface area contributed by atoms with Crippen molar-refractivity contribution >= 4 is 0 Å². The Balaban J connectivity index is 0.000000845. The summed E-state index contributed by atoms with van der Waals surface area (Å²) < 4.78 is 0. The zero-order chi connectivity index (χ0) is 8.23. The fourth-order valence-electron chi connectivity index (χ4n) is 1.14. The molecule has 1 nitrogen and oxygen atoms in total. The van der Waals surface area contributed by atoms with E-state index in [1.807, 2.05) is 42.6 Å². The van der Waals surface area contributed by atoms with E-state index in [0.717, 1.165) is 11.3 Å². The van der Waals surface area contributed by atoms with Gasteiger partial charge in [0.1, 0.15) is 0 Å². The molecule has 0 saturated carbocycles. The third-order valence-corrected chi connectivity index (χ3v) is 1.73. The Morgan fingerprint density at radius 1 is 0.714 bits per heavy atom. The fraction of sp³-hybridized carbons (Fsp3) is 0. The number of hydrogen-bond donors (Lipinski definition) is 0. The Morgan fingerprint density at radius 2 is 1.36 bits per heavy atom. The van der Waals surface area contributed by atoms with Crippen LogP contribution in [0.4, 0.5) is 0 Å². The van der Waals surface area contributed by atoms with Gasteiger partial charge in [0.2, 0.25) is 0 Å². The van der Waals surface area contributed by atoms with Gasteiger partial charge in [-0.25, -0.2) is 0 Å². The first-order valence-corrected chi connectivity index (χ1v) is 3.93. The summed E-state index contributed by atoms with van der Waals surface area (Å²) in [4.78, 5) is 4.25. The normalized spacial score (nSPS) is 8.29. The topological polar surface area (TPSA) is 12.9 Å². The molecule has 0 aliphatic heterocycles. The molecular weight excluding hydrogens is 531 g/mol. The molecule has 0 aliphatic rings. The van der Waals surface area contributed by atoms with Crippen molar-refractivity contribution < 1.29 is 40.2 Å². The minimum absolute atomic E-state index is 0. The first kappa shape index (κ1) is 13.7. The Kier molecular flexibility index (Phi) is 6.86. The van der Waals surface area contributed by atoms with E-state index in [0.29, 0.717) is 0 Å². The summed E-state index contributed by atoms with van der Waals surface area (Å²) in [5.41, 5.74) is 2.19. The van der Waals surface area contributed by atoms with Crippen LogP contribution >= 0.6 is 0 Å². The summed E-state index contributed by atoms with van der Waals surface area (Å²) in [6, 6.07) is 16.1. The van der Waals surface area contributed by atoms with E-state index in [-0.39, 0.29) is 40.2 Å². The van der Waals surface area contributed by atoms with Crippen LogP contribution in [-0.2, 0) is 40.2 Å². The summed E-state index contributed by atoms with van der Waals surface area (Å²) in [6.45, 7) is 0. The van der Waals surface area contributed by atoms with Gasteiger partial charge in [-0.2, -0.15) is 0 Å². The molecule has 72 valence electrons. The third-order valence-electron chi connectivity index (χ3n) is 1.73. The van der Waals surface area contributed by atoms with E-state index >= 15 is 0 Å². The van der Waals surface area contributed by atoms with Crippen molar-refractivity contribution in [3.63, 3.8) is 0 Å². The van der Waals surface area contributed by atoms with E-state index in [1.165, 1.54) is 0 Å². The summed E-state index contributed by atoms with van der Waals surface area (Å²) in [5, 5.41) is 0. The standard InChI is InChI=1S/C11H9N.2Ir/c1-2-6-10(7-3-1)11-8-4-5-9-12-11;;/h1-9H;;/q;2*+2. The summed E-state index contributed by atoms with van der Waals surface area (Å²) in [6.07, 6.45) is 1.81. The van der Waals surface area contributed by atoms with Gasteiger partial charge in [-0.05, 0) is 12.1 Å². The molecule has 0 aliphatic carbocycles. The van der Waals surface area contributed by atoms with Crippen molar-refractivity contribution in [3.05, 3.63) is 54.7 Å². The quantitative estimate of drug-likeness (QED) is 0.544. The van der Waals surface area contributed by atoms with Crippen molar-refractivity contribution in [1.29, 1.82) is 0 Å². The molecule has 0 saturated heterocycles. The van der Waals surface area contributed by atoms with E-state index in [1.54, 1.807) is 0 Å². The predicted molar refractivity (Wildman–Crippen MR) is 49.7 cm³/mol. The maximum absolute atomic E-state index is 4.25. The van der Waals surface area contributed by atoms with Crippen LogP contribution in [0.2, 0.25) is 0 Å². The molecule has 14 heavy (non-hydrogen) atoms. The third kappa shape index (κ3) is 3.43. The fourth-order valence-corrected chi connectivity index (χ4v) is 1.14. The van der Waals surface area contributed by atoms with Gasteiger partial charge in [-0.15, -0.1) is 0 Å². The van der Waals surface area contributed by atoms with Crippen molar-refractivity contribution in [3.8, 4) is 11.3 Å². The Bertz CT molecular complexity index is 311. The molecule has 0 bridgehead atoms. The number of pyridine rings is 1. The van der Waals surface area contributed by atoms with Crippen molar-refractivity contribution in [1.82, 2.24) is 4.98 Å². The first-order chi connectivity index (χ1) is 5.97. The van der Waals surface area contributed by atoms with Crippen LogP contribution in [0.5, 0.6) is 0 Å². The molecule has 0 amide bonds. The van der Waals surface area contributed by atoms with Crippen LogP contribution in [0.1, 0.15) is 0 Å². The average molecular weight is 540 g/mol. The van der Waals surface area contributed by atoms with E-state index in [9.17, 15) is 0 Å². The van der Waals surface area contributed by atoms with Crippen LogP contribution in [0.25, 0.3) is 11.3 Å². The van der Waals surface area contributed by atoms with Crippen molar-refractivity contribution in [2.24, 2.45) is 0 Å². The summed E-state index contributed by atoms with van der Waals surface area (Å²) in [7, 11) is 0. The van der Waals surface area contributed by atoms with E-state index in [4.69, 9.17) is 0 Å². The molecule has 1 aromatic heterocycles. The minimum Gasteiger partial charge on any atom is -0.256 e. The molecule has 0 atom stereocenters. The summed E-state index contributed by atoms with van der Waals surface area (Å²) >= 11 is 0.